The van der Waals surface area contributed by atoms with Gasteiger partial charge >= 0.3 is 23.9 Å². The first kappa shape index (κ1) is 29.0. The van der Waals surface area contributed by atoms with Gasteiger partial charge in [0, 0.05) is 27.7 Å². The van der Waals surface area contributed by atoms with Gasteiger partial charge in [0.15, 0.2) is 12.6 Å². The first-order valence-electron chi connectivity index (χ1n) is 11.1. The van der Waals surface area contributed by atoms with Crippen molar-refractivity contribution in [2.45, 2.75) is 64.7 Å². The zero-order valence-electron chi connectivity index (χ0n) is 20.5. The molecule has 0 aromatic rings. The van der Waals surface area contributed by atoms with Gasteiger partial charge in [-0.3, -0.25) is 19.2 Å². The number of hydrogen-bond donors (Lipinski definition) is 0. The van der Waals surface area contributed by atoms with Crippen molar-refractivity contribution in [1.82, 2.24) is 0 Å². The lowest BCUT2D eigenvalue weighted by Crippen LogP contribution is -2.42. The summed E-state index contributed by atoms with van der Waals surface area (Å²) in [6, 6.07) is 0. The molecule has 0 amide bonds. The van der Waals surface area contributed by atoms with Crippen LogP contribution in [0.3, 0.4) is 0 Å². The second-order valence-electron chi connectivity index (χ2n) is 7.58. The minimum Gasteiger partial charge on any atom is -0.463 e. The van der Waals surface area contributed by atoms with Crippen LogP contribution in [0.2, 0.25) is 0 Å². The molecule has 198 valence electrons. The lowest BCUT2D eigenvalue weighted by molar-refractivity contribution is -0.194. The first-order chi connectivity index (χ1) is 17.1. The van der Waals surface area contributed by atoms with Crippen LogP contribution in [-0.4, -0.2) is 87.3 Å². The fourth-order valence-corrected chi connectivity index (χ4v) is 3.06. The van der Waals surface area contributed by atoms with Gasteiger partial charge in [-0.25, -0.2) is 0 Å². The average molecular weight is 510 g/mol. The van der Waals surface area contributed by atoms with Crippen LogP contribution in [0, 0.1) is 11.8 Å². The largest absolute Gasteiger partial charge is 0.463 e. The summed E-state index contributed by atoms with van der Waals surface area (Å²) in [4.78, 5) is 44.7. The van der Waals surface area contributed by atoms with Crippen molar-refractivity contribution in [3.05, 3.63) is 24.3 Å². The molecule has 2 aliphatic rings. The molecule has 2 heterocycles. The first-order valence-corrected chi connectivity index (χ1v) is 11.1. The van der Waals surface area contributed by atoms with Crippen LogP contribution in [-0.2, 0) is 57.1 Å². The van der Waals surface area contributed by atoms with Crippen molar-refractivity contribution >= 4 is 23.9 Å². The van der Waals surface area contributed by atoms with E-state index in [2.05, 4.69) is 11.8 Å². The maximum atomic E-state index is 11.3. The second kappa shape index (κ2) is 15.0. The summed E-state index contributed by atoms with van der Waals surface area (Å²) in [6.07, 6.45) is 1.90. The summed E-state index contributed by atoms with van der Waals surface area (Å²) in [5.74, 6) is 3.56. The minimum absolute atomic E-state index is 0.00183. The molecule has 2 aliphatic heterocycles. The van der Waals surface area contributed by atoms with Gasteiger partial charge in [-0.05, 0) is 24.3 Å². The molecule has 36 heavy (non-hydrogen) atoms. The Balaban J connectivity index is 1.79. The van der Waals surface area contributed by atoms with Gasteiger partial charge in [0.2, 0.25) is 0 Å². The van der Waals surface area contributed by atoms with E-state index < -0.39 is 60.9 Å². The van der Waals surface area contributed by atoms with E-state index in [0.29, 0.717) is 0 Å². The third kappa shape index (κ3) is 11.0. The molecular weight excluding hydrogens is 480 g/mol. The van der Waals surface area contributed by atoms with Gasteiger partial charge in [0.25, 0.3) is 0 Å². The van der Waals surface area contributed by atoms with Crippen LogP contribution in [0.15, 0.2) is 24.3 Å². The van der Waals surface area contributed by atoms with E-state index in [1.165, 1.54) is 27.7 Å². The van der Waals surface area contributed by atoms with E-state index in [9.17, 15) is 19.2 Å². The van der Waals surface area contributed by atoms with Crippen molar-refractivity contribution < 1.29 is 57.1 Å². The van der Waals surface area contributed by atoms with Crippen LogP contribution >= 0.6 is 0 Å². The van der Waals surface area contributed by atoms with Crippen molar-refractivity contribution in [2.75, 3.05) is 26.4 Å². The molecule has 0 aromatic carbocycles. The highest BCUT2D eigenvalue weighted by Gasteiger charge is 2.32. The standard InChI is InChI=1S/C24H30O12/c1-15(25)31-13-21-19(33-17(3)27)7-9-23(35-21)29-11-5-6-12-30-24-10-8-20(34-18(4)28)22(36-24)14-32-16(2)26/h7-10,19-24H,11-14H2,1-4H3/t19-,20-,21+,22+,23-,24+/m0/s1. The Bertz CT molecular complexity index is 829. The Kier molecular flexibility index (Phi) is 12.1. The molecule has 0 radical (unpaired) electrons. The summed E-state index contributed by atoms with van der Waals surface area (Å²) < 4.78 is 42.6. The molecule has 0 aromatic heterocycles. The fourth-order valence-electron chi connectivity index (χ4n) is 3.06. The van der Waals surface area contributed by atoms with Crippen molar-refractivity contribution in [1.29, 1.82) is 0 Å². The number of esters is 4. The summed E-state index contributed by atoms with van der Waals surface area (Å²) in [6.45, 7) is 4.84. The van der Waals surface area contributed by atoms with E-state index >= 15 is 0 Å². The third-order valence-corrected chi connectivity index (χ3v) is 4.54. The normalized spacial score (nSPS) is 26.8. The molecule has 2 rings (SSSR count). The number of ether oxygens (including phenoxy) is 8. The van der Waals surface area contributed by atoms with Gasteiger partial charge in [-0.15, -0.1) is 0 Å². The predicted octanol–water partition coefficient (Wildman–Crippen LogP) is 0.575. The van der Waals surface area contributed by atoms with E-state index in [1.54, 1.807) is 24.3 Å². The molecule has 0 aliphatic carbocycles. The summed E-state index contributed by atoms with van der Waals surface area (Å²) in [5, 5.41) is 0. The molecule has 0 saturated heterocycles. The highest BCUT2D eigenvalue weighted by molar-refractivity contribution is 5.67. The maximum absolute atomic E-state index is 11.3. The molecule has 0 unspecified atom stereocenters. The topological polar surface area (TPSA) is 142 Å². The predicted molar refractivity (Wildman–Crippen MR) is 120 cm³/mol. The zero-order valence-corrected chi connectivity index (χ0v) is 20.5. The Labute approximate surface area is 208 Å². The highest BCUT2D eigenvalue weighted by Crippen LogP contribution is 2.19. The van der Waals surface area contributed by atoms with E-state index in [0.717, 1.165) is 0 Å². The molecule has 0 saturated carbocycles. The van der Waals surface area contributed by atoms with Crippen LogP contribution in [0.4, 0.5) is 0 Å². The minimum atomic E-state index is -0.780. The molecule has 12 nitrogen and oxygen atoms in total. The third-order valence-electron chi connectivity index (χ3n) is 4.54. The Hall–Kier alpha value is -3.24. The second-order valence-corrected chi connectivity index (χ2v) is 7.58. The molecule has 0 N–H and O–H groups in total. The zero-order chi connectivity index (χ0) is 26.5. The number of carbonyl (C=O) groups excluding carboxylic acids is 4. The molecular formula is C24H30O12. The molecule has 0 bridgehead atoms. The van der Waals surface area contributed by atoms with Crippen LogP contribution in [0.25, 0.3) is 0 Å². The summed E-state index contributed by atoms with van der Waals surface area (Å²) in [7, 11) is 0. The van der Waals surface area contributed by atoms with Gasteiger partial charge < -0.3 is 37.9 Å². The van der Waals surface area contributed by atoms with Crippen molar-refractivity contribution in [2.24, 2.45) is 0 Å². The quantitative estimate of drug-likeness (QED) is 0.176. The Morgan fingerprint density at radius 2 is 1.03 bits per heavy atom. The molecule has 12 heteroatoms. The maximum Gasteiger partial charge on any atom is 0.303 e. The Morgan fingerprint density at radius 1 is 0.639 bits per heavy atom. The number of hydrogen-bond acceptors (Lipinski definition) is 12. The summed E-state index contributed by atoms with van der Waals surface area (Å²) in [5.41, 5.74) is 0. The lowest BCUT2D eigenvalue weighted by Gasteiger charge is -2.31. The molecule has 6 atom stereocenters. The van der Waals surface area contributed by atoms with E-state index in [4.69, 9.17) is 37.9 Å². The monoisotopic (exact) mass is 510 g/mol. The van der Waals surface area contributed by atoms with Crippen molar-refractivity contribution in [3.63, 3.8) is 0 Å². The van der Waals surface area contributed by atoms with Gasteiger partial charge in [-0.1, -0.05) is 11.8 Å². The van der Waals surface area contributed by atoms with Gasteiger partial charge in [0.05, 0.1) is 0 Å². The molecule has 0 fully saturated rings. The smallest absolute Gasteiger partial charge is 0.303 e. The average Bonchev–Trinajstić information content (AvgIpc) is 2.80. The van der Waals surface area contributed by atoms with Crippen LogP contribution < -0.4 is 0 Å². The van der Waals surface area contributed by atoms with E-state index in [1.807, 2.05) is 0 Å². The Morgan fingerprint density at radius 3 is 1.36 bits per heavy atom. The molecule has 0 spiro atoms. The highest BCUT2D eigenvalue weighted by atomic mass is 16.7. The number of rotatable bonds is 10. The van der Waals surface area contributed by atoms with Crippen molar-refractivity contribution in [3.8, 4) is 11.8 Å². The van der Waals surface area contributed by atoms with Gasteiger partial charge in [-0.2, -0.15) is 0 Å². The SMILES string of the molecule is CC(=O)OC[C@H]1O[C@@H](OCC#CCO[C@@H]2C=C[C@H](OC(C)=O)[C@@H](COC(C)=O)O2)C=C[C@@H]1OC(C)=O. The fraction of sp³-hybridized carbons (Fsp3) is 0.583. The van der Waals surface area contributed by atoms with Gasteiger partial charge in [0.1, 0.15) is 50.8 Å². The van der Waals surface area contributed by atoms with E-state index in [-0.39, 0.29) is 26.4 Å². The van der Waals surface area contributed by atoms with Crippen LogP contribution in [0.5, 0.6) is 0 Å². The lowest BCUT2D eigenvalue weighted by atomic mass is 10.1. The number of carbonyl (C=O) groups is 4. The van der Waals surface area contributed by atoms with Crippen LogP contribution in [0.1, 0.15) is 27.7 Å². The summed E-state index contributed by atoms with van der Waals surface area (Å²) >= 11 is 0.